The summed E-state index contributed by atoms with van der Waals surface area (Å²) in [5.74, 6) is -0.132. The van der Waals surface area contributed by atoms with Crippen molar-refractivity contribution in [2.24, 2.45) is 0 Å². The standard InChI is InChI=1S/C13H15BrO3/c14-9-1-2-10-17-12-6-3-11(4-7-12)5-8-13(15)16/h3-8H,1-2,9-10H2,(H,15,16)/b8-5+. The molecule has 0 aliphatic heterocycles. The van der Waals surface area contributed by atoms with Gasteiger partial charge in [-0.2, -0.15) is 0 Å². The Hall–Kier alpha value is -1.29. The van der Waals surface area contributed by atoms with Gasteiger partial charge in [0.15, 0.2) is 0 Å². The van der Waals surface area contributed by atoms with Crippen LogP contribution in [0.1, 0.15) is 18.4 Å². The molecule has 0 saturated heterocycles. The van der Waals surface area contributed by atoms with E-state index >= 15 is 0 Å². The van der Waals surface area contributed by atoms with E-state index in [1.165, 1.54) is 0 Å². The van der Waals surface area contributed by atoms with Crippen LogP contribution >= 0.6 is 15.9 Å². The minimum Gasteiger partial charge on any atom is -0.494 e. The lowest BCUT2D eigenvalue weighted by Gasteiger charge is -2.05. The molecule has 1 rings (SSSR count). The second-order valence-electron chi connectivity index (χ2n) is 3.49. The molecule has 0 unspecified atom stereocenters. The van der Waals surface area contributed by atoms with Gasteiger partial charge in [0.25, 0.3) is 0 Å². The van der Waals surface area contributed by atoms with E-state index in [1.807, 2.05) is 24.3 Å². The fourth-order valence-corrected chi connectivity index (χ4v) is 1.63. The molecular formula is C13H15BrO3. The first-order valence-corrected chi connectivity index (χ1v) is 6.54. The highest BCUT2D eigenvalue weighted by Gasteiger charge is 1.94. The summed E-state index contributed by atoms with van der Waals surface area (Å²) in [7, 11) is 0. The van der Waals surface area contributed by atoms with Crippen molar-refractivity contribution < 1.29 is 14.6 Å². The number of alkyl halides is 1. The van der Waals surface area contributed by atoms with E-state index in [-0.39, 0.29) is 0 Å². The van der Waals surface area contributed by atoms with Crippen LogP contribution in [0, 0.1) is 0 Å². The van der Waals surface area contributed by atoms with Crippen LogP contribution in [0.4, 0.5) is 0 Å². The van der Waals surface area contributed by atoms with Gasteiger partial charge in [0.2, 0.25) is 0 Å². The van der Waals surface area contributed by atoms with Crippen LogP contribution in [0.25, 0.3) is 6.08 Å². The van der Waals surface area contributed by atoms with E-state index in [1.54, 1.807) is 6.08 Å². The van der Waals surface area contributed by atoms with Gasteiger partial charge in [0.1, 0.15) is 5.75 Å². The van der Waals surface area contributed by atoms with Crippen molar-refractivity contribution in [2.45, 2.75) is 12.8 Å². The van der Waals surface area contributed by atoms with Crippen molar-refractivity contribution in [3.05, 3.63) is 35.9 Å². The summed E-state index contributed by atoms with van der Waals surface area (Å²) >= 11 is 3.36. The molecule has 4 heteroatoms. The molecule has 1 aromatic rings. The first-order chi connectivity index (χ1) is 8.22. The smallest absolute Gasteiger partial charge is 0.328 e. The number of aliphatic carboxylic acids is 1. The summed E-state index contributed by atoms with van der Waals surface area (Å²) in [6.45, 7) is 0.704. The Balaban J connectivity index is 2.42. The SMILES string of the molecule is O=C(O)/C=C/c1ccc(OCCCCBr)cc1. The van der Waals surface area contributed by atoms with Crippen LogP contribution in [-0.2, 0) is 4.79 Å². The molecule has 3 nitrogen and oxygen atoms in total. The minimum absolute atomic E-state index is 0.704. The summed E-state index contributed by atoms with van der Waals surface area (Å²) in [6, 6.07) is 7.35. The number of unbranched alkanes of at least 4 members (excludes halogenated alkanes) is 1. The fourth-order valence-electron chi connectivity index (χ4n) is 1.23. The van der Waals surface area contributed by atoms with Crippen molar-refractivity contribution in [1.82, 2.24) is 0 Å². The number of benzene rings is 1. The molecule has 0 amide bonds. The quantitative estimate of drug-likeness (QED) is 0.477. The molecule has 0 aliphatic rings. The molecule has 0 aromatic heterocycles. The van der Waals surface area contributed by atoms with E-state index in [4.69, 9.17) is 9.84 Å². The summed E-state index contributed by atoms with van der Waals surface area (Å²) in [4.78, 5) is 10.3. The second-order valence-corrected chi connectivity index (χ2v) is 4.28. The molecule has 0 saturated carbocycles. The third-order valence-electron chi connectivity index (χ3n) is 2.10. The van der Waals surface area contributed by atoms with Crippen LogP contribution in [-0.4, -0.2) is 23.0 Å². The third-order valence-corrected chi connectivity index (χ3v) is 2.66. The molecule has 0 heterocycles. The number of hydrogen-bond donors (Lipinski definition) is 1. The molecule has 0 fully saturated rings. The molecule has 0 spiro atoms. The van der Waals surface area contributed by atoms with Gasteiger partial charge < -0.3 is 9.84 Å². The highest BCUT2D eigenvalue weighted by atomic mass is 79.9. The highest BCUT2D eigenvalue weighted by molar-refractivity contribution is 9.09. The van der Waals surface area contributed by atoms with Gasteiger partial charge in [0.05, 0.1) is 6.61 Å². The molecule has 1 aromatic carbocycles. The normalized spacial score (nSPS) is 10.6. The summed E-state index contributed by atoms with van der Waals surface area (Å²) in [5, 5.41) is 9.48. The zero-order valence-corrected chi connectivity index (χ0v) is 11.0. The Labute approximate surface area is 109 Å². The fraction of sp³-hybridized carbons (Fsp3) is 0.308. The zero-order chi connectivity index (χ0) is 12.5. The van der Waals surface area contributed by atoms with Gasteiger partial charge in [-0.15, -0.1) is 0 Å². The lowest BCUT2D eigenvalue weighted by atomic mass is 10.2. The number of carboxylic acid groups (broad SMARTS) is 1. The molecule has 0 aliphatic carbocycles. The first kappa shape index (κ1) is 13.8. The van der Waals surface area contributed by atoms with E-state index in [9.17, 15) is 4.79 Å². The van der Waals surface area contributed by atoms with Gasteiger partial charge in [-0.05, 0) is 36.6 Å². The molecule has 0 atom stereocenters. The maximum Gasteiger partial charge on any atom is 0.328 e. The van der Waals surface area contributed by atoms with Gasteiger partial charge in [-0.1, -0.05) is 28.1 Å². The Kier molecular flexibility index (Phi) is 6.40. The Morgan fingerprint density at radius 2 is 2.00 bits per heavy atom. The molecular weight excluding hydrogens is 284 g/mol. The van der Waals surface area contributed by atoms with E-state index < -0.39 is 5.97 Å². The topological polar surface area (TPSA) is 46.5 Å². The van der Waals surface area contributed by atoms with Crippen LogP contribution < -0.4 is 4.74 Å². The minimum atomic E-state index is -0.944. The predicted molar refractivity (Wildman–Crippen MR) is 71.6 cm³/mol. The van der Waals surface area contributed by atoms with Crippen molar-refractivity contribution in [2.75, 3.05) is 11.9 Å². The summed E-state index contributed by atoms with van der Waals surface area (Å²) in [6.07, 6.45) is 4.79. The average Bonchev–Trinajstić information content (AvgIpc) is 2.33. The zero-order valence-electron chi connectivity index (χ0n) is 9.43. The number of rotatable bonds is 7. The van der Waals surface area contributed by atoms with Crippen molar-refractivity contribution in [1.29, 1.82) is 0 Å². The van der Waals surface area contributed by atoms with E-state index in [2.05, 4.69) is 15.9 Å². The van der Waals surface area contributed by atoms with Gasteiger partial charge in [-0.3, -0.25) is 0 Å². The molecule has 0 bridgehead atoms. The maximum atomic E-state index is 10.3. The molecule has 1 N–H and O–H groups in total. The van der Waals surface area contributed by atoms with Crippen LogP contribution in [0.3, 0.4) is 0 Å². The number of halogens is 1. The predicted octanol–water partition coefficient (Wildman–Crippen LogP) is 3.34. The first-order valence-electron chi connectivity index (χ1n) is 5.42. The second kappa shape index (κ2) is 7.90. The molecule has 0 radical (unpaired) electrons. The van der Waals surface area contributed by atoms with Gasteiger partial charge >= 0.3 is 5.97 Å². The Bertz CT molecular complexity index is 371. The lowest BCUT2D eigenvalue weighted by Crippen LogP contribution is -1.97. The Morgan fingerprint density at radius 3 is 2.59 bits per heavy atom. The number of carboxylic acids is 1. The summed E-state index contributed by atoms with van der Waals surface area (Å²) < 4.78 is 5.53. The average molecular weight is 299 g/mol. The largest absolute Gasteiger partial charge is 0.494 e. The van der Waals surface area contributed by atoms with Crippen LogP contribution in [0.5, 0.6) is 5.75 Å². The van der Waals surface area contributed by atoms with Crippen LogP contribution in [0.15, 0.2) is 30.3 Å². The van der Waals surface area contributed by atoms with E-state index in [0.29, 0.717) is 6.61 Å². The number of carbonyl (C=O) groups is 1. The Morgan fingerprint density at radius 1 is 1.29 bits per heavy atom. The van der Waals surface area contributed by atoms with Crippen molar-refractivity contribution in [3.63, 3.8) is 0 Å². The lowest BCUT2D eigenvalue weighted by molar-refractivity contribution is -0.131. The van der Waals surface area contributed by atoms with Crippen LogP contribution in [0.2, 0.25) is 0 Å². The van der Waals surface area contributed by atoms with Crippen molar-refractivity contribution >= 4 is 28.0 Å². The third kappa shape index (κ3) is 6.12. The van der Waals surface area contributed by atoms with E-state index in [0.717, 1.165) is 35.6 Å². The summed E-state index contributed by atoms with van der Waals surface area (Å²) in [5.41, 5.74) is 0.847. The van der Waals surface area contributed by atoms with Crippen molar-refractivity contribution in [3.8, 4) is 5.75 Å². The molecule has 92 valence electrons. The van der Waals surface area contributed by atoms with Gasteiger partial charge in [0, 0.05) is 11.4 Å². The number of hydrogen-bond acceptors (Lipinski definition) is 2. The highest BCUT2D eigenvalue weighted by Crippen LogP contribution is 2.13. The monoisotopic (exact) mass is 298 g/mol. The maximum absolute atomic E-state index is 10.3. The number of ether oxygens (including phenoxy) is 1. The van der Waals surface area contributed by atoms with Gasteiger partial charge in [-0.25, -0.2) is 4.79 Å². The molecule has 17 heavy (non-hydrogen) atoms.